The van der Waals surface area contributed by atoms with Gasteiger partial charge in [-0.15, -0.1) is 0 Å². The van der Waals surface area contributed by atoms with E-state index in [0.717, 1.165) is 30.1 Å². The molecule has 2 aliphatic heterocycles. The molecule has 3 rings (SSSR count). The van der Waals surface area contributed by atoms with E-state index >= 15 is 0 Å². The Morgan fingerprint density at radius 1 is 1.36 bits per heavy atom. The van der Waals surface area contributed by atoms with E-state index in [4.69, 9.17) is 16.3 Å². The Hall–Kier alpha value is -0.660. The van der Waals surface area contributed by atoms with Crippen LogP contribution in [0.15, 0.2) is 24.3 Å². The fraction of sp³-hybridized carbons (Fsp3) is 0.600. The Kier molecular flexibility index (Phi) is 4.75. The number of hydrogen-bond acceptors (Lipinski definition) is 4. The van der Waals surface area contributed by atoms with Gasteiger partial charge in [0.2, 0.25) is 10.0 Å². The van der Waals surface area contributed by atoms with Crippen LogP contribution in [0.5, 0.6) is 0 Å². The molecule has 1 aromatic rings. The number of halogens is 1. The SMILES string of the molecule is CS(=O)(=O)N1CCO[C@@H]2CCN(Cc3cccc(Cl)c3)C[C@H]21. The maximum absolute atomic E-state index is 12.0. The minimum atomic E-state index is -3.19. The summed E-state index contributed by atoms with van der Waals surface area (Å²) in [6.45, 7) is 3.32. The zero-order valence-corrected chi connectivity index (χ0v) is 14.2. The third kappa shape index (κ3) is 3.63. The summed E-state index contributed by atoms with van der Waals surface area (Å²) in [6, 6.07) is 7.72. The molecular weight excluding hydrogens is 324 g/mol. The smallest absolute Gasteiger partial charge is 0.211 e. The summed E-state index contributed by atoms with van der Waals surface area (Å²) in [5.74, 6) is 0. The van der Waals surface area contributed by atoms with Crippen molar-refractivity contribution in [3.8, 4) is 0 Å². The van der Waals surface area contributed by atoms with Crippen molar-refractivity contribution in [2.75, 3.05) is 32.5 Å². The van der Waals surface area contributed by atoms with Crippen molar-refractivity contribution in [2.24, 2.45) is 0 Å². The van der Waals surface area contributed by atoms with Crippen LogP contribution in [0.25, 0.3) is 0 Å². The average molecular weight is 345 g/mol. The number of nitrogens with zero attached hydrogens (tertiary/aromatic N) is 2. The average Bonchev–Trinajstić information content (AvgIpc) is 2.45. The van der Waals surface area contributed by atoms with Gasteiger partial charge in [0.15, 0.2) is 0 Å². The molecule has 22 heavy (non-hydrogen) atoms. The van der Waals surface area contributed by atoms with Gasteiger partial charge in [-0.1, -0.05) is 23.7 Å². The predicted molar refractivity (Wildman–Crippen MR) is 86.4 cm³/mol. The zero-order chi connectivity index (χ0) is 15.7. The fourth-order valence-electron chi connectivity index (χ4n) is 3.36. The first-order valence-corrected chi connectivity index (χ1v) is 9.71. The lowest BCUT2D eigenvalue weighted by Gasteiger charge is -2.45. The number of rotatable bonds is 3. The summed E-state index contributed by atoms with van der Waals surface area (Å²) in [7, 11) is -3.19. The van der Waals surface area contributed by atoms with Gasteiger partial charge < -0.3 is 4.74 Å². The maximum atomic E-state index is 12.0. The van der Waals surface area contributed by atoms with Crippen LogP contribution in [0.1, 0.15) is 12.0 Å². The van der Waals surface area contributed by atoms with Crippen LogP contribution in [0.2, 0.25) is 5.02 Å². The van der Waals surface area contributed by atoms with Crippen LogP contribution in [0.4, 0.5) is 0 Å². The van der Waals surface area contributed by atoms with Gasteiger partial charge in [0.25, 0.3) is 0 Å². The van der Waals surface area contributed by atoms with Crippen molar-refractivity contribution in [2.45, 2.75) is 25.1 Å². The quantitative estimate of drug-likeness (QED) is 0.835. The van der Waals surface area contributed by atoms with Crippen LogP contribution >= 0.6 is 11.6 Å². The van der Waals surface area contributed by atoms with Gasteiger partial charge in [-0.3, -0.25) is 4.90 Å². The molecule has 2 heterocycles. The summed E-state index contributed by atoms with van der Waals surface area (Å²) >= 11 is 6.03. The number of morpholine rings is 1. The molecule has 0 aliphatic carbocycles. The second kappa shape index (κ2) is 6.45. The maximum Gasteiger partial charge on any atom is 0.211 e. The van der Waals surface area contributed by atoms with Crippen LogP contribution in [0, 0.1) is 0 Å². The summed E-state index contributed by atoms with van der Waals surface area (Å²) in [5.41, 5.74) is 1.15. The first-order valence-electron chi connectivity index (χ1n) is 7.49. The van der Waals surface area contributed by atoms with Crippen molar-refractivity contribution in [1.82, 2.24) is 9.21 Å². The summed E-state index contributed by atoms with van der Waals surface area (Å²) in [6.07, 6.45) is 2.15. The third-order valence-corrected chi connectivity index (χ3v) is 5.88. The van der Waals surface area contributed by atoms with Crippen molar-refractivity contribution >= 4 is 21.6 Å². The van der Waals surface area contributed by atoms with Crippen molar-refractivity contribution in [1.29, 1.82) is 0 Å². The standard InChI is InChI=1S/C15H21ClN2O3S/c1-22(19,20)18-7-8-21-15-5-6-17(11-14(15)18)10-12-3-2-4-13(16)9-12/h2-4,9,14-15H,5-8,10-11H2,1H3/t14-,15-/m1/s1. The van der Waals surface area contributed by atoms with Gasteiger partial charge in [-0.05, 0) is 24.1 Å². The molecule has 2 atom stereocenters. The molecular formula is C15H21ClN2O3S. The largest absolute Gasteiger partial charge is 0.375 e. The Morgan fingerprint density at radius 3 is 2.91 bits per heavy atom. The van der Waals surface area contributed by atoms with E-state index < -0.39 is 10.0 Å². The molecule has 122 valence electrons. The van der Waals surface area contributed by atoms with E-state index in [9.17, 15) is 8.42 Å². The number of sulfonamides is 1. The molecule has 0 saturated carbocycles. The lowest BCUT2D eigenvalue weighted by Crippen LogP contribution is -2.60. The zero-order valence-electron chi connectivity index (χ0n) is 12.6. The molecule has 2 saturated heterocycles. The van der Waals surface area contributed by atoms with E-state index in [2.05, 4.69) is 4.90 Å². The van der Waals surface area contributed by atoms with Gasteiger partial charge in [0, 0.05) is 31.2 Å². The van der Waals surface area contributed by atoms with Crippen LogP contribution in [-0.2, 0) is 21.3 Å². The Bertz CT molecular complexity index is 637. The van der Waals surface area contributed by atoms with E-state index in [1.54, 1.807) is 4.31 Å². The second-order valence-corrected chi connectivity index (χ2v) is 8.38. The van der Waals surface area contributed by atoms with E-state index in [-0.39, 0.29) is 12.1 Å². The first kappa shape index (κ1) is 16.2. The Balaban J connectivity index is 1.72. The highest BCUT2D eigenvalue weighted by atomic mass is 35.5. The Morgan fingerprint density at radius 2 is 2.18 bits per heavy atom. The number of piperidine rings is 1. The lowest BCUT2D eigenvalue weighted by atomic mass is 10.00. The molecule has 2 fully saturated rings. The summed E-state index contributed by atoms with van der Waals surface area (Å²) in [5, 5.41) is 0.728. The van der Waals surface area contributed by atoms with Gasteiger partial charge in [0.05, 0.1) is 25.0 Å². The van der Waals surface area contributed by atoms with E-state index in [1.165, 1.54) is 6.26 Å². The molecule has 0 aromatic heterocycles. The number of fused-ring (bicyclic) bond motifs is 1. The van der Waals surface area contributed by atoms with Crippen molar-refractivity contribution < 1.29 is 13.2 Å². The third-order valence-electron chi connectivity index (χ3n) is 4.34. The highest BCUT2D eigenvalue weighted by Gasteiger charge is 2.40. The number of likely N-dealkylation sites (tertiary alicyclic amines) is 1. The molecule has 0 spiro atoms. The second-order valence-electron chi connectivity index (χ2n) is 6.00. The monoisotopic (exact) mass is 344 g/mol. The first-order chi connectivity index (χ1) is 10.4. The van der Waals surface area contributed by atoms with Crippen molar-refractivity contribution in [3.63, 3.8) is 0 Å². The molecule has 0 N–H and O–H groups in total. The lowest BCUT2D eigenvalue weighted by molar-refractivity contribution is -0.0768. The Labute approximate surface area is 136 Å². The summed E-state index contributed by atoms with van der Waals surface area (Å²) in [4.78, 5) is 2.28. The highest BCUT2D eigenvalue weighted by Crippen LogP contribution is 2.26. The van der Waals surface area contributed by atoms with Gasteiger partial charge in [-0.25, -0.2) is 8.42 Å². The molecule has 5 nitrogen and oxygen atoms in total. The van der Waals surface area contributed by atoms with Gasteiger partial charge >= 0.3 is 0 Å². The van der Waals surface area contributed by atoms with Crippen molar-refractivity contribution in [3.05, 3.63) is 34.9 Å². The molecule has 0 unspecified atom stereocenters. The minimum Gasteiger partial charge on any atom is -0.375 e. The van der Waals surface area contributed by atoms with E-state index in [1.807, 2.05) is 24.3 Å². The normalized spacial score (nSPS) is 27.5. The van der Waals surface area contributed by atoms with Crippen LogP contribution in [0.3, 0.4) is 0 Å². The topological polar surface area (TPSA) is 49.9 Å². The highest BCUT2D eigenvalue weighted by molar-refractivity contribution is 7.88. The molecule has 0 radical (unpaired) electrons. The summed E-state index contributed by atoms with van der Waals surface area (Å²) < 4.78 is 31.3. The predicted octanol–water partition coefficient (Wildman–Crippen LogP) is 1.57. The van der Waals surface area contributed by atoms with Crippen LogP contribution in [-0.4, -0.2) is 62.3 Å². The molecule has 7 heteroatoms. The fourth-order valence-corrected chi connectivity index (χ4v) is 4.67. The number of ether oxygens (including phenoxy) is 1. The molecule has 0 bridgehead atoms. The number of hydrogen-bond donors (Lipinski definition) is 0. The van der Waals surface area contributed by atoms with Crippen LogP contribution < -0.4 is 0 Å². The molecule has 1 aromatic carbocycles. The molecule has 0 amide bonds. The molecule has 2 aliphatic rings. The minimum absolute atomic E-state index is 0.0130. The number of benzene rings is 1. The van der Waals surface area contributed by atoms with E-state index in [0.29, 0.717) is 19.7 Å². The van der Waals surface area contributed by atoms with Gasteiger partial charge in [-0.2, -0.15) is 4.31 Å². The van der Waals surface area contributed by atoms with Gasteiger partial charge in [0.1, 0.15) is 0 Å².